The molecule has 122 valence electrons. The summed E-state index contributed by atoms with van der Waals surface area (Å²) >= 11 is 0. The first-order valence-corrected chi connectivity index (χ1v) is 9.16. The number of hydrogen-bond acceptors (Lipinski definition) is 5. The minimum atomic E-state index is -3.51. The van der Waals surface area contributed by atoms with E-state index in [2.05, 4.69) is 0 Å². The van der Waals surface area contributed by atoms with E-state index in [4.69, 9.17) is 9.47 Å². The molecular formula is C18H14O5S. The highest BCUT2D eigenvalue weighted by atomic mass is 32.2. The average molecular weight is 342 g/mol. The van der Waals surface area contributed by atoms with E-state index in [1.54, 1.807) is 42.5 Å². The number of sulfone groups is 1. The molecule has 0 aromatic heterocycles. The first-order valence-electron chi connectivity index (χ1n) is 7.51. The number of carbonyl (C=O) groups is 1. The Morgan fingerprint density at radius 2 is 1.71 bits per heavy atom. The van der Waals surface area contributed by atoms with Gasteiger partial charge in [0.15, 0.2) is 27.1 Å². The molecule has 6 heteroatoms. The number of ketones is 1. The first-order chi connectivity index (χ1) is 11.5. The Bertz CT molecular complexity index is 973. The van der Waals surface area contributed by atoms with E-state index in [0.29, 0.717) is 30.3 Å². The molecule has 0 fully saturated rings. The molecule has 24 heavy (non-hydrogen) atoms. The molecule has 0 saturated carbocycles. The molecule has 0 amide bonds. The van der Waals surface area contributed by atoms with Gasteiger partial charge in [-0.05, 0) is 35.9 Å². The largest absolute Gasteiger partial charge is 0.486 e. The summed E-state index contributed by atoms with van der Waals surface area (Å²) < 4.78 is 35.8. The molecule has 0 saturated heterocycles. The van der Waals surface area contributed by atoms with Crippen molar-refractivity contribution in [1.29, 1.82) is 0 Å². The summed E-state index contributed by atoms with van der Waals surface area (Å²) in [4.78, 5) is 12.7. The molecule has 5 nitrogen and oxygen atoms in total. The molecule has 0 atom stereocenters. The number of fused-ring (bicyclic) bond motifs is 2. The molecule has 0 unspecified atom stereocenters. The van der Waals surface area contributed by atoms with E-state index in [1.165, 1.54) is 6.07 Å². The highest BCUT2D eigenvalue weighted by molar-refractivity contribution is 7.91. The molecule has 2 aromatic carbocycles. The predicted molar refractivity (Wildman–Crippen MR) is 88.2 cm³/mol. The van der Waals surface area contributed by atoms with E-state index < -0.39 is 9.84 Å². The van der Waals surface area contributed by atoms with Crippen LogP contribution in [0.3, 0.4) is 0 Å². The van der Waals surface area contributed by atoms with Crippen LogP contribution >= 0.6 is 0 Å². The van der Waals surface area contributed by atoms with E-state index in [9.17, 15) is 13.2 Å². The van der Waals surface area contributed by atoms with Crippen molar-refractivity contribution in [3.05, 3.63) is 59.2 Å². The molecule has 0 radical (unpaired) electrons. The number of ether oxygens (including phenoxy) is 2. The maximum absolute atomic E-state index is 12.6. The quantitative estimate of drug-likeness (QED) is 0.745. The lowest BCUT2D eigenvalue weighted by Crippen LogP contribution is -2.24. The molecule has 4 rings (SSSR count). The normalized spacial score (nSPS) is 19.8. The van der Waals surface area contributed by atoms with Gasteiger partial charge >= 0.3 is 0 Å². The molecule has 2 heterocycles. The molecule has 0 N–H and O–H groups in total. The van der Waals surface area contributed by atoms with Crippen molar-refractivity contribution in [1.82, 2.24) is 0 Å². The lowest BCUT2D eigenvalue weighted by molar-refractivity contribution is 0.103. The molecule has 2 aliphatic heterocycles. The minimum Gasteiger partial charge on any atom is -0.486 e. The summed E-state index contributed by atoms with van der Waals surface area (Å²) in [5.74, 6) is 0.700. The Kier molecular flexibility index (Phi) is 3.42. The second-order valence-electron chi connectivity index (χ2n) is 5.66. The Morgan fingerprint density at radius 1 is 0.958 bits per heavy atom. The molecular weight excluding hydrogens is 328 g/mol. The van der Waals surface area contributed by atoms with E-state index >= 15 is 0 Å². The second-order valence-corrected chi connectivity index (χ2v) is 7.62. The molecule has 0 aliphatic carbocycles. The van der Waals surface area contributed by atoms with Crippen molar-refractivity contribution >= 4 is 21.7 Å². The topological polar surface area (TPSA) is 69.7 Å². The standard InChI is InChI=1S/C18H14O5S/c19-18-13(11-24(20,21)17-4-2-1-3-14(17)18)9-12-5-6-15-16(10-12)23-8-7-22-15/h1-6,9-10H,7-8,11H2. The van der Waals surface area contributed by atoms with Crippen molar-refractivity contribution in [2.75, 3.05) is 19.0 Å². The number of carbonyl (C=O) groups excluding carboxylic acids is 1. The Hall–Kier alpha value is -2.60. The number of hydrogen-bond donors (Lipinski definition) is 0. The summed E-state index contributed by atoms with van der Waals surface area (Å²) in [6.45, 7) is 0.967. The second kappa shape index (κ2) is 5.49. The van der Waals surface area contributed by atoms with Gasteiger partial charge in [-0.15, -0.1) is 0 Å². The highest BCUT2D eigenvalue weighted by Gasteiger charge is 2.32. The summed E-state index contributed by atoms with van der Waals surface area (Å²) in [5, 5.41) is 0. The number of Topliss-reactive ketones (excluding diaryl/α,β-unsaturated/α-hetero) is 1. The van der Waals surface area contributed by atoms with Gasteiger partial charge in [-0.25, -0.2) is 8.42 Å². The smallest absolute Gasteiger partial charge is 0.191 e. The van der Waals surface area contributed by atoms with Gasteiger partial charge in [-0.3, -0.25) is 4.79 Å². The fourth-order valence-corrected chi connectivity index (χ4v) is 4.47. The van der Waals surface area contributed by atoms with Crippen LogP contribution in [-0.4, -0.2) is 33.2 Å². The van der Waals surface area contributed by atoms with Gasteiger partial charge in [0.25, 0.3) is 0 Å². The fraction of sp³-hybridized carbons (Fsp3) is 0.167. The van der Waals surface area contributed by atoms with Crippen molar-refractivity contribution in [3.8, 4) is 11.5 Å². The zero-order valence-corrected chi connectivity index (χ0v) is 13.5. The van der Waals surface area contributed by atoms with Crippen molar-refractivity contribution in [2.45, 2.75) is 4.90 Å². The Labute approximate surface area is 139 Å². The Morgan fingerprint density at radius 3 is 2.54 bits per heavy atom. The zero-order chi connectivity index (χ0) is 16.7. The van der Waals surface area contributed by atoms with E-state index in [1.807, 2.05) is 0 Å². The van der Waals surface area contributed by atoms with E-state index in [0.717, 1.165) is 0 Å². The monoisotopic (exact) mass is 342 g/mol. The van der Waals surface area contributed by atoms with Gasteiger partial charge in [-0.1, -0.05) is 18.2 Å². The Balaban J connectivity index is 1.77. The average Bonchev–Trinajstić information content (AvgIpc) is 2.59. The van der Waals surface area contributed by atoms with Gasteiger partial charge in [0.05, 0.1) is 10.6 Å². The highest BCUT2D eigenvalue weighted by Crippen LogP contribution is 2.33. The van der Waals surface area contributed by atoms with Crippen LogP contribution in [0, 0.1) is 0 Å². The third-order valence-corrected chi connectivity index (χ3v) is 5.73. The molecule has 2 aromatic rings. The fourth-order valence-electron chi connectivity index (χ4n) is 2.90. The lowest BCUT2D eigenvalue weighted by atomic mass is 10.0. The van der Waals surface area contributed by atoms with Crippen molar-refractivity contribution in [2.24, 2.45) is 0 Å². The van der Waals surface area contributed by atoms with Crippen LogP contribution in [0.4, 0.5) is 0 Å². The third kappa shape index (κ3) is 2.49. The summed E-state index contributed by atoms with van der Waals surface area (Å²) in [6.07, 6.45) is 1.61. The van der Waals surface area contributed by atoms with Crippen molar-refractivity contribution < 1.29 is 22.7 Å². The SMILES string of the molecule is O=C1C(=Cc2ccc3c(c2)OCCO3)CS(=O)(=O)c2ccccc21. The van der Waals surface area contributed by atoms with Crippen LogP contribution in [0.1, 0.15) is 15.9 Å². The minimum absolute atomic E-state index is 0.106. The van der Waals surface area contributed by atoms with Gasteiger partial charge < -0.3 is 9.47 Å². The maximum Gasteiger partial charge on any atom is 0.191 e. The zero-order valence-electron chi connectivity index (χ0n) is 12.7. The summed E-state index contributed by atoms with van der Waals surface area (Å²) in [6, 6.07) is 11.6. The lowest BCUT2D eigenvalue weighted by Gasteiger charge is -2.19. The van der Waals surface area contributed by atoms with Crippen LogP contribution in [-0.2, 0) is 9.84 Å². The number of rotatable bonds is 1. The van der Waals surface area contributed by atoms with E-state index in [-0.39, 0.29) is 27.6 Å². The molecule has 0 bridgehead atoms. The van der Waals surface area contributed by atoms with Gasteiger partial charge in [0.1, 0.15) is 13.2 Å². The molecule has 2 aliphatic rings. The van der Waals surface area contributed by atoms with Gasteiger partial charge in [0.2, 0.25) is 0 Å². The summed E-state index contributed by atoms with van der Waals surface area (Å²) in [7, 11) is -3.51. The van der Waals surface area contributed by atoms with Crippen molar-refractivity contribution in [3.63, 3.8) is 0 Å². The number of benzene rings is 2. The molecule has 0 spiro atoms. The van der Waals surface area contributed by atoms with Crippen LogP contribution in [0.5, 0.6) is 11.5 Å². The van der Waals surface area contributed by atoms with Crippen LogP contribution in [0.25, 0.3) is 6.08 Å². The van der Waals surface area contributed by atoms with Crippen LogP contribution in [0.15, 0.2) is 52.9 Å². The predicted octanol–water partition coefficient (Wildman–Crippen LogP) is 2.51. The van der Waals surface area contributed by atoms with Gasteiger partial charge in [0, 0.05) is 11.1 Å². The third-order valence-electron chi connectivity index (χ3n) is 4.01. The van der Waals surface area contributed by atoms with Crippen LogP contribution < -0.4 is 9.47 Å². The van der Waals surface area contributed by atoms with Gasteiger partial charge in [-0.2, -0.15) is 0 Å². The maximum atomic E-state index is 12.6. The van der Waals surface area contributed by atoms with Crippen LogP contribution in [0.2, 0.25) is 0 Å². The first kappa shape index (κ1) is 15.0. The summed E-state index contributed by atoms with van der Waals surface area (Å²) in [5.41, 5.74) is 1.19.